The summed E-state index contributed by atoms with van der Waals surface area (Å²) in [5.74, 6) is 0.312. The van der Waals surface area contributed by atoms with E-state index >= 15 is 0 Å². The van der Waals surface area contributed by atoms with Gasteiger partial charge in [0.05, 0.1) is 36.7 Å². The van der Waals surface area contributed by atoms with Crippen molar-refractivity contribution in [1.29, 1.82) is 0 Å². The first-order chi connectivity index (χ1) is 12.5. The van der Waals surface area contributed by atoms with Crippen molar-refractivity contribution in [1.82, 2.24) is 24.8 Å². The molecule has 134 valence electrons. The number of nitrogens with one attached hydrogen (secondary N) is 2. The minimum Gasteiger partial charge on any atom is -0.346 e. The fourth-order valence-electron chi connectivity index (χ4n) is 2.68. The number of carbonyl (C=O) groups excluding carboxylic acids is 1. The quantitative estimate of drug-likeness (QED) is 0.712. The fraction of sp³-hybridized carbons (Fsp3) is 0.263. The van der Waals surface area contributed by atoms with Crippen molar-refractivity contribution in [2.24, 2.45) is 5.92 Å². The molecule has 0 unspecified atom stereocenters. The molecule has 2 aromatic heterocycles. The SMILES string of the molecule is CC(C)Cn1cncc1CNC(=O)c1cccc(-c2cncc(=O)[nH]2)c1. The third-order valence-corrected chi connectivity index (χ3v) is 3.88. The molecule has 3 aromatic rings. The van der Waals surface area contributed by atoms with Crippen LogP contribution >= 0.6 is 0 Å². The lowest BCUT2D eigenvalue weighted by molar-refractivity contribution is 0.0950. The Labute approximate surface area is 151 Å². The van der Waals surface area contributed by atoms with E-state index in [0.29, 0.717) is 23.7 Å². The van der Waals surface area contributed by atoms with E-state index in [4.69, 9.17) is 0 Å². The highest BCUT2D eigenvalue weighted by Gasteiger charge is 2.10. The van der Waals surface area contributed by atoms with Crippen LogP contribution in [0.1, 0.15) is 29.9 Å². The van der Waals surface area contributed by atoms with E-state index in [9.17, 15) is 9.59 Å². The molecule has 7 nitrogen and oxygen atoms in total. The zero-order valence-electron chi connectivity index (χ0n) is 14.8. The van der Waals surface area contributed by atoms with Crippen LogP contribution in [0, 0.1) is 5.92 Å². The zero-order chi connectivity index (χ0) is 18.5. The Bertz CT molecular complexity index is 958. The second-order valence-electron chi connectivity index (χ2n) is 6.50. The molecule has 3 rings (SSSR count). The normalized spacial score (nSPS) is 10.9. The number of amides is 1. The highest BCUT2D eigenvalue weighted by Crippen LogP contribution is 2.16. The van der Waals surface area contributed by atoms with E-state index in [-0.39, 0.29) is 11.5 Å². The van der Waals surface area contributed by atoms with Gasteiger partial charge in [0.1, 0.15) is 0 Å². The molecule has 0 fully saturated rings. The van der Waals surface area contributed by atoms with E-state index < -0.39 is 0 Å². The lowest BCUT2D eigenvalue weighted by Crippen LogP contribution is -2.24. The Morgan fingerprint density at radius 3 is 2.85 bits per heavy atom. The van der Waals surface area contributed by atoms with Gasteiger partial charge in [0.2, 0.25) is 0 Å². The van der Waals surface area contributed by atoms with Crippen LogP contribution in [0.15, 0.2) is 54.0 Å². The molecule has 0 saturated carbocycles. The van der Waals surface area contributed by atoms with Crippen LogP contribution in [0.25, 0.3) is 11.3 Å². The third-order valence-electron chi connectivity index (χ3n) is 3.88. The van der Waals surface area contributed by atoms with Gasteiger partial charge in [-0.1, -0.05) is 26.0 Å². The van der Waals surface area contributed by atoms with Gasteiger partial charge in [-0.3, -0.25) is 14.6 Å². The van der Waals surface area contributed by atoms with Crippen molar-refractivity contribution in [3.05, 3.63) is 70.8 Å². The maximum absolute atomic E-state index is 12.5. The Morgan fingerprint density at radius 1 is 1.23 bits per heavy atom. The number of hydrogen-bond acceptors (Lipinski definition) is 4. The summed E-state index contributed by atoms with van der Waals surface area (Å²) in [5.41, 5.74) is 2.49. The van der Waals surface area contributed by atoms with E-state index in [1.165, 1.54) is 6.20 Å². The van der Waals surface area contributed by atoms with Crippen molar-refractivity contribution < 1.29 is 4.79 Å². The summed E-state index contributed by atoms with van der Waals surface area (Å²) in [6, 6.07) is 7.06. The van der Waals surface area contributed by atoms with Crippen LogP contribution in [0.4, 0.5) is 0 Å². The Kier molecular flexibility index (Phi) is 5.26. The molecule has 2 heterocycles. The number of H-pyrrole nitrogens is 1. The molecular formula is C19H21N5O2. The van der Waals surface area contributed by atoms with Gasteiger partial charge in [-0.2, -0.15) is 0 Å². The highest BCUT2D eigenvalue weighted by molar-refractivity contribution is 5.95. The second-order valence-corrected chi connectivity index (χ2v) is 6.50. The first kappa shape index (κ1) is 17.6. The highest BCUT2D eigenvalue weighted by atomic mass is 16.1. The number of hydrogen-bond donors (Lipinski definition) is 2. The number of carbonyl (C=O) groups is 1. The van der Waals surface area contributed by atoms with Gasteiger partial charge in [0.15, 0.2) is 0 Å². The van der Waals surface area contributed by atoms with Gasteiger partial charge < -0.3 is 14.9 Å². The van der Waals surface area contributed by atoms with Gasteiger partial charge in [0.25, 0.3) is 11.5 Å². The number of nitrogens with zero attached hydrogens (tertiary/aromatic N) is 3. The number of aromatic amines is 1. The molecule has 0 atom stereocenters. The molecule has 0 aliphatic heterocycles. The van der Waals surface area contributed by atoms with E-state index in [2.05, 4.69) is 34.1 Å². The third kappa shape index (κ3) is 4.24. The van der Waals surface area contributed by atoms with Crippen LogP contribution in [0.2, 0.25) is 0 Å². The topological polar surface area (TPSA) is 92.7 Å². The summed E-state index contributed by atoms with van der Waals surface area (Å²) in [6.07, 6.45) is 6.31. The molecule has 0 spiro atoms. The van der Waals surface area contributed by atoms with Crippen molar-refractivity contribution in [3.8, 4) is 11.3 Å². The lowest BCUT2D eigenvalue weighted by atomic mass is 10.1. The summed E-state index contributed by atoms with van der Waals surface area (Å²) in [5, 5.41) is 2.92. The van der Waals surface area contributed by atoms with Gasteiger partial charge in [-0.05, 0) is 18.1 Å². The molecule has 1 amide bonds. The smallest absolute Gasteiger partial charge is 0.266 e. The molecule has 1 aromatic carbocycles. The van der Waals surface area contributed by atoms with Crippen LogP contribution < -0.4 is 10.9 Å². The van der Waals surface area contributed by atoms with E-state index in [1.807, 2.05) is 10.6 Å². The van der Waals surface area contributed by atoms with E-state index in [1.54, 1.807) is 36.9 Å². The van der Waals surface area contributed by atoms with Gasteiger partial charge in [0, 0.05) is 23.9 Å². The molecule has 0 saturated heterocycles. The monoisotopic (exact) mass is 351 g/mol. The molecule has 0 radical (unpaired) electrons. The first-order valence-electron chi connectivity index (χ1n) is 8.45. The maximum atomic E-state index is 12.5. The molecule has 26 heavy (non-hydrogen) atoms. The minimum absolute atomic E-state index is 0.185. The van der Waals surface area contributed by atoms with E-state index in [0.717, 1.165) is 17.8 Å². The fourth-order valence-corrected chi connectivity index (χ4v) is 2.68. The zero-order valence-corrected chi connectivity index (χ0v) is 14.8. The second kappa shape index (κ2) is 7.77. The Balaban J connectivity index is 1.72. The summed E-state index contributed by atoms with van der Waals surface area (Å²) < 4.78 is 2.04. The predicted octanol–water partition coefficient (Wildman–Crippen LogP) is 2.22. The van der Waals surface area contributed by atoms with Gasteiger partial charge in [-0.15, -0.1) is 0 Å². The van der Waals surface area contributed by atoms with Crippen molar-refractivity contribution >= 4 is 5.91 Å². The summed E-state index contributed by atoms with van der Waals surface area (Å²) in [7, 11) is 0. The van der Waals surface area contributed by atoms with Crippen LogP contribution in [0.3, 0.4) is 0 Å². The molecule has 2 N–H and O–H groups in total. The number of rotatable bonds is 6. The summed E-state index contributed by atoms with van der Waals surface area (Å²) >= 11 is 0. The molecule has 7 heteroatoms. The van der Waals surface area contributed by atoms with Crippen molar-refractivity contribution in [3.63, 3.8) is 0 Å². The largest absolute Gasteiger partial charge is 0.346 e. The number of imidazole rings is 1. The number of benzene rings is 1. The van der Waals surface area contributed by atoms with Gasteiger partial charge >= 0.3 is 0 Å². The Morgan fingerprint density at radius 2 is 2.08 bits per heavy atom. The molecule has 0 aliphatic rings. The molecule has 0 bridgehead atoms. The predicted molar refractivity (Wildman–Crippen MR) is 98.5 cm³/mol. The Hall–Kier alpha value is -3.22. The number of aromatic nitrogens is 4. The first-order valence-corrected chi connectivity index (χ1v) is 8.45. The van der Waals surface area contributed by atoms with Crippen molar-refractivity contribution in [2.45, 2.75) is 26.9 Å². The lowest BCUT2D eigenvalue weighted by Gasteiger charge is -2.11. The minimum atomic E-state index is -0.282. The average molecular weight is 351 g/mol. The molecule has 0 aliphatic carbocycles. The van der Waals surface area contributed by atoms with Gasteiger partial charge in [-0.25, -0.2) is 4.98 Å². The van der Waals surface area contributed by atoms with Crippen LogP contribution in [0.5, 0.6) is 0 Å². The average Bonchev–Trinajstić information content (AvgIpc) is 3.06. The molecular weight excluding hydrogens is 330 g/mol. The maximum Gasteiger partial charge on any atom is 0.266 e. The van der Waals surface area contributed by atoms with Crippen LogP contribution in [-0.2, 0) is 13.1 Å². The standard InChI is InChI=1S/C19H21N5O2/c1-13(2)11-24-12-21-7-16(24)8-22-19(26)15-5-3-4-14(6-15)17-9-20-10-18(25)23-17/h3-7,9-10,12-13H,8,11H2,1-2H3,(H,22,26)(H,23,25). The van der Waals surface area contributed by atoms with Crippen molar-refractivity contribution in [2.75, 3.05) is 0 Å². The van der Waals surface area contributed by atoms with Crippen LogP contribution in [-0.4, -0.2) is 25.4 Å². The summed E-state index contributed by atoms with van der Waals surface area (Å²) in [4.78, 5) is 34.7. The summed E-state index contributed by atoms with van der Waals surface area (Å²) in [6.45, 7) is 5.53.